The summed E-state index contributed by atoms with van der Waals surface area (Å²) in [7, 11) is 3.80. The maximum absolute atomic E-state index is 13.4. The number of H-pyrrole nitrogens is 1. The quantitative estimate of drug-likeness (QED) is 0.716. The zero-order valence-corrected chi connectivity index (χ0v) is 17.4. The lowest BCUT2D eigenvalue weighted by Gasteiger charge is -2.33. The molecule has 2 aromatic heterocycles. The van der Waals surface area contributed by atoms with E-state index in [2.05, 4.69) is 15.2 Å². The SMILES string of the molecule is Cc1[nH]ncc1C(=O)N1CCC[C@@H](c2nc(N(C)C)ncc2-c2ccc(F)cc2)C1. The van der Waals surface area contributed by atoms with Gasteiger partial charge >= 0.3 is 0 Å². The molecule has 1 aliphatic heterocycles. The van der Waals surface area contributed by atoms with E-state index in [4.69, 9.17) is 4.98 Å². The predicted molar refractivity (Wildman–Crippen MR) is 113 cm³/mol. The molecule has 0 aliphatic carbocycles. The Bertz CT molecular complexity index is 1050. The van der Waals surface area contributed by atoms with E-state index in [-0.39, 0.29) is 17.6 Å². The highest BCUT2D eigenvalue weighted by atomic mass is 19.1. The van der Waals surface area contributed by atoms with Crippen LogP contribution in [0.3, 0.4) is 0 Å². The Labute approximate surface area is 175 Å². The van der Waals surface area contributed by atoms with Crippen molar-refractivity contribution >= 4 is 11.9 Å². The van der Waals surface area contributed by atoms with Crippen LogP contribution in [0.15, 0.2) is 36.7 Å². The minimum atomic E-state index is -0.281. The lowest BCUT2D eigenvalue weighted by atomic mass is 9.89. The van der Waals surface area contributed by atoms with Crippen molar-refractivity contribution in [1.29, 1.82) is 0 Å². The third-order valence-electron chi connectivity index (χ3n) is 5.52. The van der Waals surface area contributed by atoms with Crippen LogP contribution in [-0.2, 0) is 0 Å². The minimum Gasteiger partial charge on any atom is -0.347 e. The molecule has 1 atom stereocenters. The molecule has 3 aromatic rings. The summed E-state index contributed by atoms with van der Waals surface area (Å²) < 4.78 is 13.4. The summed E-state index contributed by atoms with van der Waals surface area (Å²) in [6.07, 6.45) is 5.19. The van der Waals surface area contributed by atoms with E-state index < -0.39 is 0 Å². The van der Waals surface area contributed by atoms with Crippen LogP contribution in [0.25, 0.3) is 11.1 Å². The number of rotatable bonds is 4. The molecule has 0 spiro atoms. The topological polar surface area (TPSA) is 78.0 Å². The molecule has 0 bridgehead atoms. The Morgan fingerprint density at radius 1 is 1.23 bits per heavy atom. The molecule has 0 unspecified atom stereocenters. The van der Waals surface area contributed by atoms with Gasteiger partial charge in [-0.15, -0.1) is 0 Å². The average Bonchev–Trinajstić information content (AvgIpc) is 3.19. The van der Waals surface area contributed by atoms with E-state index in [1.807, 2.05) is 30.8 Å². The number of hydrogen-bond donors (Lipinski definition) is 1. The molecule has 3 heterocycles. The minimum absolute atomic E-state index is 0.0174. The smallest absolute Gasteiger partial charge is 0.257 e. The van der Waals surface area contributed by atoms with Gasteiger partial charge in [-0.3, -0.25) is 9.89 Å². The number of carbonyl (C=O) groups excluding carboxylic acids is 1. The highest BCUT2D eigenvalue weighted by Gasteiger charge is 2.29. The van der Waals surface area contributed by atoms with Crippen molar-refractivity contribution in [3.05, 3.63) is 59.4 Å². The molecule has 1 amide bonds. The number of halogens is 1. The second kappa shape index (κ2) is 8.22. The summed E-state index contributed by atoms with van der Waals surface area (Å²) in [6, 6.07) is 6.37. The number of hydrogen-bond acceptors (Lipinski definition) is 5. The molecule has 1 aromatic carbocycles. The summed E-state index contributed by atoms with van der Waals surface area (Å²) in [4.78, 5) is 26.0. The standard InChI is InChI=1S/C22H25FN6O/c1-14-18(12-25-27-14)21(30)29-10-4-5-16(13-29)20-19(11-24-22(26-20)28(2)3)15-6-8-17(23)9-7-15/h6-9,11-12,16H,4-5,10,13H2,1-3H3,(H,25,27)/t16-/m1/s1. The number of piperidine rings is 1. The molecule has 4 rings (SSSR count). The van der Waals surface area contributed by atoms with Gasteiger partial charge in [0.2, 0.25) is 5.95 Å². The van der Waals surface area contributed by atoms with Gasteiger partial charge in [-0.25, -0.2) is 14.4 Å². The number of benzene rings is 1. The maximum atomic E-state index is 13.4. The monoisotopic (exact) mass is 408 g/mol. The summed E-state index contributed by atoms with van der Waals surface area (Å²) in [6.45, 7) is 3.13. The second-order valence-corrected chi connectivity index (χ2v) is 7.87. The molecule has 156 valence electrons. The van der Waals surface area contributed by atoms with Gasteiger partial charge in [0.15, 0.2) is 0 Å². The van der Waals surface area contributed by atoms with Crippen molar-refractivity contribution in [2.75, 3.05) is 32.1 Å². The van der Waals surface area contributed by atoms with Crippen molar-refractivity contribution in [2.45, 2.75) is 25.7 Å². The zero-order chi connectivity index (χ0) is 21.3. The maximum Gasteiger partial charge on any atom is 0.257 e. The van der Waals surface area contributed by atoms with Gasteiger partial charge < -0.3 is 9.80 Å². The van der Waals surface area contributed by atoms with E-state index in [1.165, 1.54) is 12.1 Å². The molecule has 8 heteroatoms. The van der Waals surface area contributed by atoms with Crippen molar-refractivity contribution in [3.63, 3.8) is 0 Å². The van der Waals surface area contributed by atoms with Gasteiger partial charge in [0.05, 0.1) is 17.5 Å². The predicted octanol–water partition coefficient (Wildman–Crippen LogP) is 3.40. The fourth-order valence-electron chi connectivity index (χ4n) is 3.89. The number of aryl methyl sites for hydroxylation is 1. The molecular weight excluding hydrogens is 383 g/mol. The van der Waals surface area contributed by atoms with E-state index in [0.29, 0.717) is 24.6 Å². The van der Waals surface area contributed by atoms with E-state index in [0.717, 1.165) is 35.4 Å². The lowest BCUT2D eigenvalue weighted by molar-refractivity contribution is 0.0705. The number of nitrogens with one attached hydrogen (secondary N) is 1. The van der Waals surface area contributed by atoms with Gasteiger partial charge in [-0.1, -0.05) is 12.1 Å². The molecule has 0 saturated carbocycles. The number of aromatic amines is 1. The van der Waals surface area contributed by atoms with Crippen molar-refractivity contribution in [1.82, 2.24) is 25.1 Å². The van der Waals surface area contributed by atoms with Gasteiger partial charge in [-0.05, 0) is 37.5 Å². The first-order chi connectivity index (χ1) is 14.4. The normalized spacial score (nSPS) is 16.5. The van der Waals surface area contributed by atoms with Crippen molar-refractivity contribution in [2.24, 2.45) is 0 Å². The van der Waals surface area contributed by atoms with Crippen LogP contribution in [0.2, 0.25) is 0 Å². The number of carbonyl (C=O) groups is 1. The first-order valence-corrected chi connectivity index (χ1v) is 10.0. The van der Waals surface area contributed by atoms with Gasteiger partial charge in [0, 0.05) is 50.6 Å². The molecule has 1 aliphatic rings. The van der Waals surface area contributed by atoms with Crippen LogP contribution in [0.4, 0.5) is 10.3 Å². The van der Waals surface area contributed by atoms with Gasteiger partial charge in [0.1, 0.15) is 5.82 Å². The van der Waals surface area contributed by atoms with Gasteiger partial charge in [-0.2, -0.15) is 5.10 Å². The van der Waals surface area contributed by atoms with Crippen LogP contribution in [0.5, 0.6) is 0 Å². The third kappa shape index (κ3) is 3.90. The first kappa shape index (κ1) is 20.0. The number of aromatic nitrogens is 4. The number of likely N-dealkylation sites (tertiary alicyclic amines) is 1. The number of anilines is 1. The molecule has 1 N–H and O–H groups in total. The Morgan fingerprint density at radius 2 is 2.00 bits per heavy atom. The Kier molecular flexibility index (Phi) is 5.48. The van der Waals surface area contributed by atoms with Crippen LogP contribution in [0.1, 0.15) is 40.5 Å². The van der Waals surface area contributed by atoms with E-state index in [1.54, 1.807) is 24.5 Å². The molecule has 30 heavy (non-hydrogen) atoms. The first-order valence-electron chi connectivity index (χ1n) is 10.0. The Morgan fingerprint density at radius 3 is 2.67 bits per heavy atom. The third-order valence-corrected chi connectivity index (χ3v) is 5.52. The Hall–Kier alpha value is -3.29. The van der Waals surface area contributed by atoms with Crippen LogP contribution in [-0.4, -0.2) is 58.2 Å². The molecule has 1 saturated heterocycles. The highest BCUT2D eigenvalue weighted by molar-refractivity contribution is 5.95. The highest BCUT2D eigenvalue weighted by Crippen LogP contribution is 2.34. The summed E-state index contributed by atoms with van der Waals surface area (Å²) in [5.74, 6) is 0.383. The fourth-order valence-corrected chi connectivity index (χ4v) is 3.89. The second-order valence-electron chi connectivity index (χ2n) is 7.87. The molecular formula is C22H25FN6O. The lowest BCUT2D eigenvalue weighted by Crippen LogP contribution is -2.39. The number of nitrogens with zero attached hydrogens (tertiary/aromatic N) is 5. The summed E-state index contributed by atoms with van der Waals surface area (Å²) >= 11 is 0. The summed E-state index contributed by atoms with van der Waals surface area (Å²) in [5.41, 5.74) is 4.00. The van der Waals surface area contributed by atoms with E-state index in [9.17, 15) is 9.18 Å². The zero-order valence-electron chi connectivity index (χ0n) is 17.4. The van der Waals surface area contributed by atoms with E-state index >= 15 is 0 Å². The average molecular weight is 408 g/mol. The van der Waals surface area contributed by atoms with Gasteiger partial charge in [0.25, 0.3) is 5.91 Å². The molecule has 1 fully saturated rings. The van der Waals surface area contributed by atoms with Crippen molar-refractivity contribution in [3.8, 4) is 11.1 Å². The molecule has 7 nitrogen and oxygen atoms in total. The van der Waals surface area contributed by atoms with Crippen LogP contribution in [0, 0.1) is 12.7 Å². The van der Waals surface area contributed by atoms with Crippen LogP contribution >= 0.6 is 0 Å². The van der Waals surface area contributed by atoms with Crippen LogP contribution < -0.4 is 4.90 Å². The summed E-state index contributed by atoms with van der Waals surface area (Å²) in [5, 5.41) is 6.81. The van der Waals surface area contributed by atoms with Crippen molar-refractivity contribution < 1.29 is 9.18 Å². The largest absolute Gasteiger partial charge is 0.347 e. The molecule has 0 radical (unpaired) electrons. The fraction of sp³-hybridized carbons (Fsp3) is 0.364. The Balaban J connectivity index is 1.69. The number of amides is 1.